The number of carboxylic acid groups (broad SMARTS) is 1. The smallest absolute Gasteiger partial charge is 0.254 e. The van der Waals surface area contributed by atoms with Crippen molar-refractivity contribution < 1.29 is 29.1 Å². The van der Waals surface area contributed by atoms with E-state index < -0.39 is 5.97 Å². The number of rotatable bonds is 3. The van der Waals surface area contributed by atoms with Gasteiger partial charge in [0.15, 0.2) is 11.5 Å². The number of amides is 1. The van der Waals surface area contributed by atoms with Gasteiger partial charge in [-0.2, -0.15) is 0 Å². The van der Waals surface area contributed by atoms with E-state index in [4.69, 9.17) is 9.47 Å². The molecule has 0 unspecified atom stereocenters. The fourth-order valence-corrected chi connectivity index (χ4v) is 2.62. The lowest BCUT2D eigenvalue weighted by molar-refractivity contribution is -0.898. The van der Waals surface area contributed by atoms with Crippen molar-refractivity contribution in [3.05, 3.63) is 23.8 Å². The molecule has 1 N–H and O–H groups in total. The van der Waals surface area contributed by atoms with Gasteiger partial charge in [0.05, 0.1) is 32.1 Å². The van der Waals surface area contributed by atoms with Crippen molar-refractivity contribution in [3.63, 3.8) is 0 Å². The van der Waals surface area contributed by atoms with E-state index in [2.05, 4.69) is 0 Å². The van der Waals surface area contributed by atoms with Gasteiger partial charge < -0.3 is 29.2 Å². The van der Waals surface area contributed by atoms with Crippen LogP contribution in [0.2, 0.25) is 0 Å². The summed E-state index contributed by atoms with van der Waals surface area (Å²) in [5, 5.41) is 10.6. The highest BCUT2D eigenvalue weighted by Crippen LogP contribution is 2.32. The molecule has 2 aliphatic rings. The molecule has 0 aromatic heterocycles. The van der Waals surface area contributed by atoms with Crippen LogP contribution in [0.4, 0.5) is 0 Å². The Bertz CT molecular complexity index is 566. The van der Waals surface area contributed by atoms with Gasteiger partial charge in [-0.15, -0.1) is 0 Å². The minimum atomic E-state index is -1.06. The molecule has 1 aromatic carbocycles. The van der Waals surface area contributed by atoms with Crippen LogP contribution >= 0.6 is 0 Å². The Morgan fingerprint density at radius 1 is 1.19 bits per heavy atom. The van der Waals surface area contributed by atoms with E-state index in [0.29, 0.717) is 43.2 Å². The van der Waals surface area contributed by atoms with E-state index in [0.717, 1.165) is 4.90 Å². The highest BCUT2D eigenvalue weighted by Gasteiger charge is 2.25. The van der Waals surface area contributed by atoms with E-state index in [1.54, 1.807) is 23.1 Å². The van der Waals surface area contributed by atoms with Crippen molar-refractivity contribution in [2.75, 3.05) is 39.5 Å². The molecule has 0 atom stereocenters. The van der Waals surface area contributed by atoms with Gasteiger partial charge >= 0.3 is 0 Å². The van der Waals surface area contributed by atoms with Crippen LogP contribution in [-0.4, -0.2) is 56.3 Å². The zero-order chi connectivity index (χ0) is 14.8. The number of piperazine rings is 1. The molecule has 7 nitrogen and oxygen atoms in total. The fourth-order valence-electron chi connectivity index (χ4n) is 2.62. The molecule has 1 fully saturated rings. The lowest BCUT2D eigenvalue weighted by Crippen LogP contribution is -3.16. The summed E-state index contributed by atoms with van der Waals surface area (Å²) >= 11 is 0. The molecular formula is C14H16N2O5. The highest BCUT2D eigenvalue weighted by molar-refractivity contribution is 5.95. The van der Waals surface area contributed by atoms with Crippen molar-refractivity contribution in [2.24, 2.45) is 0 Å². The van der Waals surface area contributed by atoms with Crippen LogP contribution in [0.5, 0.6) is 11.5 Å². The fraction of sp³-hybridized carbons (Fsp3) is 0.429. The first kappa shape index (κ1) is 13.7. The molecule has 1 amide bonds. The van der Waals surface area contributed by atoms with Crippen LogP contribution in [-0.2, 0) is 4.79 Å². The second kappa shape index (κ2) is 5.61. The lowest BCUT2D eigenvalue weighted by Gasteiger charge is -2.32. The van der Waals surface area contributed by atoms with E-state index in [9.17, 15) is 14.7 Å². The molecule has 1 saturated heterocycles. The average Bonchev–Trinajstić information content (AvgIpc) is 2.94. The molecule has 2 aliphatic heterocycles. The molecule has 1 aromatic rings. The Hall–Kier alpha value is -2.28. The van der Waals surface area contributed by atoms with Gasteiger partial charge in [0.25, 0.3) is 5.91 Å². The first-order valence-electron chi connectivity index (χ1n) is 6.86. The number of carboxylic acids is 1. The predicted molar refractivity (Wildman–Crippen MR) is 69.0 cm³/mol. The SMILES string of the molecule is O=C([O-])C[NH+]1CCN(C(=O)c2ccc3c(c2)OCO3)CC1. The molecule has 0 radical (unpaired) electrons. The second-order valence-electron chi connectivity index (χ2n) is 5.16. The van der Waals surface area contributed by atoms with E-state index in [-0.39, 0.29) is 19.2 Å². The van der Waals surface area contributed by atoms with Gasteiger partial charge in [-0.25, -0.2) is 0 Å². The van der Waals surface area contributed by atoms with Gasteiger partial charge in [0, 0.05) is 5.56 Å². The van der Waals surface area contributed by atoms with Crippen LogP contribution in [0.3, 0.4) is 0 Å². The Balaban J connectivity index is 1.63. The van der Waals surface area contributed by atoms with Crippen molar-refractivity contribution in [1.29, 1.82) is 0 Å². The summed E-state index contributed by atoms with van der Waals surface area (Å²) in [6.07, 6.45) is 0. The zero-order valence-electron chi connectivity index (χ0n) is 11.5. The third kappa shape index (κ3) is 2.92. The Morgan fingerprint density at radius 2 is 1.90 bits per heavy atom. The number of hydrogen-bond donors (Lipinski definition) is 1. The summed E-state index contributed by atoms with van der Waals surface area (Å²) in [4.78, 5) is 25.7. The number of carbonyl (C=O) groups is 2. The van der Waals surface area contributed by atoms with Crippen LogP contribution in [0, 0.1) is 0 Å². The molecule has 3 rings (SSSR count). The number of nitrogens with one attached hydrogen (secondary N) is 1. The van der Waals surface area contributed by atoms with Crippen LogP contribution in [0.25, 0.3) is 0 Å². The van der Waals surface area contributed by atoms with Gasteiger partial charge in [-0.05, 0) is 18.2 Å². The summed E-state index contributed by atoms with van der Waals surface area (Å²) in [6, 6.07) is 5.13. The first-order chi connectivity index (χ1) is 10.1. The number of benzene rings is 1. The number of quaternary nitrogens is 1. The van der Waals surface area contributed by atoms with Crippen molar-refractivity contribution in [1.82, 2.24) is 4.90 Å². The molecule has 2 heterocycles. The molecule has 0 spiro atoms. The van der Waals surface area contributed by atoms with Crippen LogP contribution < -0.4 is 19.5 Å². The molecule has 0 saturated carbocycles. The van der Waals surface area contributed by atoms with Gasteiger partial charge in [-0.1, -0.05) is 0 Å². The van der Waals surface area contributed by atoms with E-state index in [1.807, 2.05) is 0 Å². The number of hydrogen-bond acceptors (Lipinski definition) is 5. The number of aliphatic carboxylic acids is 1. The number of nitrogens with zero attached hydrogens (tertiary/aromatic N) is 1. The summed E-state index contributed by atoms with van der Waals surface area (Å²) in [5.74, 6) is 0.109. The van der Waals surface area contributed by atoms with Crippen LogP contribution in [0.1, 0.15) is 10.4 Å². The number of carbonyl (C=O) groups excluding carboxylic acids is 2. The maximum absolute atomic E-state index is 12.4. The molecule has 112 valence electrons. The maximum Gasteiger partial charge on any atom is 0.254 e. The Morgan fingerprint density at radius 3 is 2.62 bits per heavy atom. The standard InChI is InChI=1S/C14H16N2O5/c17-13(18)8-15-3-5-16(6-4-15)14(19)10-1-2-11-12(7-10)21-9-20-11/h1-2,7H,3-6,8-9H2,(H,17,18). The molecular weight excluding hydrogens is 276 g/mol. The molecule has 21 heavy (non-hydrogen) atoms. The molecule has 7 heteroatoms. The topological polar surface area (TPSA) is 83.3 Å². The van der Waals surface area contributed by atoms with E-state index in [1.165, 1.54) is 0 Å². The summed E-state index contributed by atoms with van der Waals surface area (Å²) in [7, 11) is 0. The number of ether oxygens (including phenoxy) is 2. The molecule has 0 aliphatic carbocycles. The monoisotopic (exact) mass is 292 g/mol. The lowest BCUT2D eigenvalue weighted by atomic mass is 10.1. The third-order valence-electron chi connectivity index (χ3n) is 3.77. The maximum atomic E-state index is 12.4. The quantitative estimate of drug-likeness (QED) is 0.666. The summed E-state index contributed by atoms with van der Waals surface area (Å²) in [6.45, 7) is 2.48. The van der Waals surface area contributed by atoms with E-state index >= 15 is 0 Å². The van der Waals surface area contributed by atoms with Crippen molar-refractivity contribution in [2.45, 2.75) is 0 Å². The van der Waals surface area contributed by atoms with Gasteiger partial charge in [0.2, 0.25) is 6.79 Å². The largest absolute Gasteiger partial charge is 0.544 e. The predicted octanol–water partition coefficient (Wildman–Crippen LogP) is -2.49. The Kier molecular flexibility index (Phi) is 3.66. The van der Waals surface area contributed by atoms with Gasteiger partial charge in [-0.3, -0.25) is 4.79 Å². The third-order valence-corrected chi connectivity index (χ3v) is 3.77. The van der Waals surface area contributed by atoms with Crippen molar-refractivity contribution >= 4 is 11.9 Å². The van der Waals surface area contributed by atoms with Crippen LogP contribution in [0.15, 0.2) is 18.2 Å². The summed E-state index contributed by atoms with van der Waals surface area (Å²) < 4.78 is 10.5. The van der Waals surface area contributed by atoms with Gasteiger partial charge in [0.1, 0.15) is 6.54 Å². The summed E-state index contributed by atoms with van der Waals surface area (Å²) in [5.41, 5.74) is 0.558. The highest BCUT2D eigenvalue weighted by atomic mass is 16.7. The number of fused-ring (bicyclic) bond motifs is 1. The first-order valence-corrected chi connectivity index (χ1v) is 6.86. The average molecular weight is 292 g/mol. The zero-order valence-corrected chi connectivity index (χ0v) is 11.5. The normalized spacial score (nSPS) is 17.8. The second-order valence-corrected chi connectivity index (χ2v) is 5.16. The minimum absolute atomic E-state index is 0.00788. The van der Waals surface area contributed by atoms with Crippen molar-refractivity contribution in [3.8, 4) is 11.5 Å². The molecule has 0 bridgehead atoms. The minimum Gasteiger partial charge on any atom is -0.544 e. The Labute approximate surface area is 121 Å².